The van der Waals surface area contributed by atoms with Crippen molar-refractivity contribution in [3.63, 3.8) is 0 Å². The summed E-state index contributed by atoms with van der Waals surface area (Å²) in [5.41, 5.74) is 1.32. The van der Waals surface area contributed by atoms with Crippen LogP contribution in [0.3, 0.4) is 0 Å². The minimum absolute atomic E-state index is 0.154. The van der Waals surface area contributed by atoms with Gasteiger partial charge in [0.15, 0.2) is 17.3 Å². The van der Waals surface area contributed by atoms with Gasteiger partial charge in [-0.3, -0.25) is 4.79 Å². The Balaban J connectivity index is 2.21. The summed E-state index contributed by atoms with van der Waals surface area (Å²) in [7, 11) is 3.10. The number of hydrogen-bond donors (Lipinski definition) is 0. The third kappa shape index (κ3) is 5.51. The Hall–Kier alpha value is -2.95. The molecule has 0 fully saturated rings. The van der Waals surface area contributed by atoms with Crippen molar-refractivity contribution in [3.8, 4) is 23.0 Å². The summed E-state index contributed by atoms with van der Waals surface area (Å²) >= 11 is 0. The minimum Gasteiger partial charge on any atom is -0.497 e. The Morgan fingerprint density at radius 1 is 0.926 bits per heavy atom. The Morgan fingerprint density at radius 2 is 1.74 bits per heavy atom. The molecular weight excluding hydrogens is 344 g/mol. The molecule has 0 spiro atoms. The highest BCUT2D eigenvalue weighted by Gasteiger charge is 2.11. The lowest BCUT2D eigenvalue weighted by Crippen LogP contribution is -2.00. The van der Waals surface area contributed by atoms with Crippen LogP contribution in [0.5, 0.6) is 23.0 Å². The molecule has 2 aromatic rings. The van der Waals surface area contributed by atoms with E-state index in [0.717, 1.165) is 12.0 Å². The van der Waals surface area contributed by atoms with Crippen molar-refractivity contribution in [2.24, 2.45) is 0 Å². The zero-order valence-corrected chi connectivity index (χ0v) is 16.3. The Kier molecular flexibility index (Phi) is 7.74. The van der Waals surface area contributed by atoms with Gasteiger partial charge in [-0.05, 0) is 49.2 Å². The van der Waals surface area contributed by atoms with E-state index in [1.807, 2.05) is 25.1 Å². The average Bonchev–Trinajstić information content (AvgIpc) is 2.71. The van der Waals surface area contributed by atoms with E-state index in [0.29, 0.717) is 41.8 Å². The molecule has 144 valence electrons. The summed E-state index contributed by atoms with van der Waals surface area (Å²) in [6, 6.07) is 10.7. The number of allylic oxidation sites excluding steroid dienone is 1. The number of carbonyl (C=O) groups is 1. The molecule has 0 saturated heterocycles. The number of benzene rings is 2. The Labute approximate surface area is 160 Å². The molecule has 5 heteroatoms. The number of rotatable bonds is 10. The predicted molar refractivity (Wildman–Crippen MR) is 106 cm³/mol. The molecule has 0 unspecified atom stereocenters. The van der Waals surface area contributed by atoms with Crippen molar-refractivity contribution >= 4 is 11.9 Å². The summed E-state index contributed by atoms with van der Waals surface area (Å²) in [6.45, 7) is 5.14. The first-order valence-electron chi connectivity index (χ1n) is 8.97. The molecule has 0 amide bonds. The van der Waals surface area contributed by atoms with E-state index in [1.165, 1.54) is 13.2 Å². The maximum absolute atomic E-state index is 12.6. The maximum atomic E-state index is 12.6. The van der Waals surface area contributed by atoms with E-state index in [2.05, 4.69) is 6.92 Å². The van der Waals surface area contributed by atoms with E-state index in [1.54, 1.807) is 31.4 Å². The highest BCUT2D eigenvalue weighted by Crippen LogP contribution is 2.30. The SMILES string of the molecule is CCCOc1ccc(/C=C/C(=O)c2ccc(OC)cc2OC)cc1OCC. The quantitative estimate of drug-likeness (QED) is 0.445. The third-order valence-corrected chi connectivity index (χ3v) is 3.83. The largest absolute Gasteiger partial charge is 0.497 e. The normalized spacial score (nSPS) is 10.7. The molecule has 0 bridgehead atoms. The number of ketones is 1. The average molecular weight is 370 g/mol. The lowest BCUT2D eigenvalue weighted by Gasteiger charge is -2.12. The van der Waals surface area contributed by atoms with Crippen LogP contribution < -0.4 is 18.9 Å². The van der Waals surface area contributed by atoms with Crippen molar-refractivity contribution in [1.82, 2.24) is 0 Å². The van der Waals surface area contributed by atoms with Crippen LogP contribution in [0.1, 0.15) is 36.2 Å². The predicted octanol–water partition coefficient (Wildman–Crippen LogP) is 4.79. The van der Waals surface area contributed by atoms with Crippen LogP contribution in [0.15, 0.2) is 42.5 Å². The minimum atomic E-state index is -0.154. The van der Waals surface area contributed by atoms with Gasteiger partial charge in [-0.25, -0.2) is 0 Å². The van der Waals surface area contributed by atoms with Gasteiger partial charge in [0, 0.05) is 6.07 Å². The van der Waals surface area contributed by atoms with Gasteiger partial charge in [0.25, 0.3) is 0 Å². The second-order valence-electron chi connectivity index (χ2n) is 5.75. The molecular formula is C22H26O5. The van der Waals surface area contributed by atoms with Crippen LogP contribution in [-0.2, 0) is 0 Å². The van der Waals surface area contributed by atoms with Gasteiger partial charge in [0.05, 0.1) is 33.0 Å². The van der Waals surface area contributed by atoms with Gasteiger partial charge in [-0.1, -0.05) is 19.1 Å². The van der Waals surface area contributed by atoms with E-state index < -0.39 is 0 Å². The van der Waals surface area contributed by atoms with Gasteiger partial charge in [-0.2, -0.15) is 0 Å². The fraction of sp³-hybridized carbons (Fsp3) is 0.318. The van der Waals surface area contributed by atoms with Crippen molar-refractivity contribution in [1.29, 1.82) is 0 Å². The molecule has 0 aromatic heterocycles. The molecule has 27 heavy (non-hydrogen) atoms. The third-order valence-electron chi connectivity index (χ3n) is 3.83. The second-order valence-corrected chi connectivity index (χ2v) is 5.75. The van der Waals surface area contributed by atoms with Crippen molar-refractivity contribution in [2.45, 2.75) is 20.3 Å². The fourth-order valence-electron chi connectivity index (χ4n) is 2.49. The summed E-state index contributed by atoms with van der Waals surface area (Å²) in [5.74, 6) is 2.33. The number of hydrogen-bond acceptors (Lipinski definition) is 5. The van der Waals surface area contributed by atoms with E-state index in [-0.39, 0.29) is 5.78 Å². The standard InChI is InChI=1S/C22H26O5/c1-5-13-27-20-12-8-16(14-22(20)26-6-2)7-11-19(23)18-10-9-17(24-3)15-21(18)25-4/h7-12,14-15H,5-6,13H2,1-4H3/b11-7+. The van der Waals surface area contributed by atoms with Crippen LogP contribution in [0.25, 0.3) is 6.08 Å². The smallest absolute Gasteiger partial charge is 0.189 e. The molecule has 0 N–H and O–H groups in total. The van der Waals surface area contributed by atoms with Gasteiger partial charge >= 0.3 is 0 Å². The second kappa shape index (κ2) is 10.3. The van der Waals surface area contributed by atoms with Gasteiger partial charge in [0.2, 0.25) is 0 Å². The van der Waals surface area contributed by atoms with Gasteiger partial charge in [-0.15, -0.1) is 0 Å². The monoisotopic (exact) mass is 370 g/mol. The first kappa shape index (κ1) is 20.4. The zero-order valence-electron chi connectivity index (χ0n) is 16.3. The van der Waals surface area contributed by atoms with Crippen molar-refractivity contribution in [2.75, 3.05) is 27.4 Å². The van der Waals surface area contributed by atoms with Crippen LogP contribution >= 0.6 is 0 Å². The summed E-state index contributed by atoms with van der Waals surface area (Å²) < 4.78 is 21.8. The Morgan fingerprint density at radius 3 is 2.41 bits per heavy atom. The van der Waals surface area contributed by atoms with Crippen molar-refractivity contribution in [3.05, 3.63) is 53.6 Å². The first-order chi connectivity index (χ1) is 13.1. The van der Waals surface area contributed by atoms with Gasteiger partial charge in [0.1, 0.15) is 11.5 Å². The molecule has 2 rings (SSSR count). The molecule has 0 aliphatic carbocycles. The molecule has 2 aromatic carbocycles. The highest BCUT2D eigenvalue weighted by atomic mass is 16.5. The first-order valence-corrected chi connectivity index (χ1v) is 8.97. The van der Waals surface area contributed by atoms with Crippen LogP contribution in [0, 0.1) is 0 Å². The van der Waals surface area contributed by atoms with Gasteiger partial charge < -0.3 is 18.9 Å². The van der Waals surface area contributed by atoms with E-state index in [9.17, 15) is 4.79 Å². The summed E-state index contributed by atoms with van der Waals surface area (Å²) in [6.07, 6.45) is 4.19. The topological polar surface area (TPSA) is 54.0 Å². The number of ether oxygens (including phenoxy) is 4. The molecule has 0 atom stereocenters. The number of methoxy groups -OCH3 is 2. The van der Waals surface area contributed by atoms with E-state index >= 15 is 0 Å². The summed E-state index contributed by atoms with van der Waals surface area (Å²) in [4.78, 5) is 12.6. The van der Waals surface area contributed by atoms with Crippen LogP contribution in [0.4, 0.5) is 0 Å². The molecule has 0 heterocycles. The maximum Gasteiger partial charge on any atom is 0.189 e. The number of carbonyl (C=O) groups excluding carboxylic acids is 1. The van der Waals surface area contributed by atoms with Crippen LogP contribution in [-0.4, -0.2) is 33.2 Å². The highest BCUT2D eigenvalue weighted by molar-refractivity contribution is 6.08. The summed E-state index contributed by atoms with van der Waals surface area (Å²) in [5, 5.41) is 0. The molecule has 5 nitrogen and oxygen atoms in total. The van der Waals surface area contributed by atoms with Crippen LogP contribution in [0.2, 0.25) is 0 Å². The zero-order chi connectivity index (χ0) is 19.6. The molecule has 0 aliphatic rings. The lowest BCUT2D eigenvalue weighted by atomic mass is 10.1. The molecule has 0 radical (unpaired) electrons. The molecule has 0 saturated carbocycles. The molecule has 0 aliphatic heterocycles. The fourth-order valence-corrected chi connectivity index (χ4v) is 2.49. The van der Waals surface area contributed by atoms with Crippen molar-refractivity contribution < 1.29 is 23.7 Å². The van der Waals surface area contributed by atoms with E-state index in [4.69, 9.17) is 18.9 Å². The Bertz CT molecular complexity index is 795. The lowest BCUT2D eigenvalue weighted by molar-refractivity contribution is 0.104.